The lowest BCUT2D eigenvalue weighted by atomic mass is 9.74. The molecule has 0 aliphatic heterocycles. The van der Waals surface area contributed by atoms with E-state index in [1.807, 2.05) is 44.2 Å². The lowest BCUT2D eigenvalue weighted by Gasteiger charge is -2.39. The Balaban J connectivity index is 2.24. The summed E-state index contributed by atoms with van der Waals surface area (Å²) in [7, 11) is 0. The number of rotatable bonds is 5. The molecule has 21 heavy (non-hydrogen) atoms. The van der Waals surface area contributed by atoms with Gasteiger partial charge in [0.15, 0.2) is 0 Å². The first-order valence-corrected chi connectivity index (χ1v) is 7.07. The molecule has 0 amide bonds. The van der Waals surface area contributed by atoms with Gasteiger partial charge in [-0.15, -0.1) is 0 Å². The van der Waals surface area contributed by atoms with Crippen LogP contribution in [0.4, 0.5) is 0 Å². The minimum Gasteiger partial charge on any atom is -0.481 e. The highest BCUT2D eigenvalue weighted by Crippen LogP contribution is 2.31. The predicted molar refractivity (Wildman–Crippen MR) is 84.1 cm³/mol. The third-order valence-corrected chi connectivity index (χ3v) is 4.53. The van der Waals surface area contributed by atoms with Crippen LogP contribution in [0.2, 0.25) is 0 Å². The normalized spacial score (nSPS) is 12.6. The first kappa shape index (κ1) is 15.4. The number of carbonyl (C=O) groups is 1. The molecule has 0 saturated heterocycles. The lowest BCUT2D eigenvalue weighted by Crippen LogP contribution is -2.54. The molecule has 2 aromatic rings. The van der Waals surface area contributed by atoms with Gasteiger partial charge in [0.25, 0.3) is 0 Å². The van der Waals surface area contributed by atoms with Gasteiger partial charge in [-0.05, 0) is 39.3 Å². The Morgan fingerprint density at radius 1 is 1.19 bits per heavy atom. The molecule has 0 atom stereocenters. The Morgan fingerprint density at radius 2 is 1.86 bits per heavy atom. The summed E-state index contributed by atoms with van der Waals surface area (Å²) in [5, 5.41) is 13.9. The van der Waals surface area contributed by atoms with E-state index in [2.05, 4.69) is 10.3 Å². The van der Waals surface area contributed by atoms with Crippen LogP contribution < -0.4 is 5.32 Å². The van der Waals surface area contributed by atoms with Gasteiger partial charge in [0.05, 0.1) is 10.9 Å². The summed E-state index contributed by atoms with van der Waals surface area (Å²) in [6.45, 7) is 7.89. The van der Waals surface area contributed by atoms with E-state index in [0.717, 1.165) is 16.5 Å². The quantitative estimate of drug-likeness (QED) is 0.886. The highest BCUT2D eigenvalue weighted by atomic mass is 16.4. The van der Waals surface area contributed by atoms with E-state index in [9.17, 15) is 9.90 Å². The Hall–Kier alpha value is -1.94. The third kappa shape index (κ3) is 2.90. The fourth-order valence-corrected chi connectivity index (χ4v) is 2.11. The zero-order valence-corrected chi connectivity index (χ0v) is 13.0. The maximum Gasteiger partial charge on any atom is 0.310 e. The van der Waals surface area contributed by atoms with Crippen LogP contribution in [0.3, 0.4) is 0 Å². The van der Waals surface area contributed by atoms with E-state index in [4.69, 9.17) is 0 Å². The largest absolute Gasteiger partial charge is 0.481 e. The molecule has 112 valence electrons. The van der Waals surface area contributed by atoms with Crippen LogP contribution >= 0.6 is 0 Å². The van der Waals surface area contributed by atoms with Gasteiger partial charge in [-0.25, -0.2) is 0 Å². The standard InChI is InChI=1S/C17H22N2O2/c1-16(2,15(20)21)17(3,4)19-11-13-8-5-7-12-9-6-10-18-14(12)13/h5-10,19H,11H2,1-4H3,(H,20,21). The zero-order valence-electron chi connectivity index (χ0n) is 13.0. The van der Waals surface area contributed by atoms with Gasteiger partial charge in [0, 0.05) is 23.7 Å². The SMILES string of the molecule is CC(C)(NCc1cccc2cccnc12)C(C)(C)C(=O)O. The van der Waals surface area contributed by atoms with Crippen molar-refractivity contribution in [3.05, 3.63) is 42.1 Å². The van der Waals surface area contributed by atoms with Gasteiger partial charge in [-0.1, -0.05) is 24.3 Å². The molecule has 0 spiro atoms. The molecule has 1 aromatic carbocycles. The molecular weight excluding hydrogens is 264 g/mol. The van der Waals surface area contributed by atoms with E-state index < -0.39 is 16.9 Å². The molecule has 0 aliphatic carbocycles. The van der Waals surface area contributed by atoms with Gasteiger partial charge >= 0.3 is 5.97 Å². The van der Waals surface area contributed by atoms with Gasteiger partial charge in [0.2, 0.25) is 0 Å². The van der Waals surface area contributed by atoms with Crippen LogP contribution in [-0.4, -0.2) is 21.6 Å². The average Bonchev–Trinajstić information content (AvgIpc) is 2.44. The topological polar surface area (TPSA) is 62.2 Å². The third-order valence-electron chi connectivity index (χ3n) is 4.53. The molecule has 0 radical (unpaired) electrons. The fraction of sp³-hybridized carbons (Fsp3) is 0.412. The summed E-state index contributed by atoms with van der Waals surface area (Å²) in [6, 6.07) is 9.98. The molecule has 0 bridgehead atoms. The molecule has 2 rings (SSSR count). The number of nitrogens with zero attached hydrogens (tertiary/aromatic N) is 1. The predicted octanol–water partition coefficient (Wildman–Crippen LogP) is 3.21. The number of nitrogens with one attached hydrogen (secondary N) is 1. The number of carboxylic acid groups (broad SMARTS) is 1. The highest BCUT2D eigenvalue weighted by molar-refractivity contribution is 5.81. The number of fused-ring (bicyclic) bond motifs is 1. The van der Waals surface area contributed by atoms with Crippen LogP contribution in [0.15, 0.2) is 36.5 Å². The zero-order chi connectivity index (χ0) is 15.7. The molecule has 1 aromatic heterocycles. The molecule has 4 heteroatoms. The van der Waals surface area contributed by atoms with Crippen LogP contribution in [0.5, 0.6) is 0 Å². The van der Waals surface area contributed by atoms with E-state index >= 15 is 0 Å². The molecule has 1 heterocycles. The summed E-state index contributed by atoms with van der Waals surface area (Å²) in [5.74, 6) is -0.809. The lowest BCUT2D eigenvalue weighted by molar-refractivity contribution is -0.151. The smallest absolute Gasteiger partial charge is 0.310 e. The van der Waals surface area contributed by atoms with E-state index in [1.54, 1.807) is 20.0 Å². The van der Waals surface area contributed by atoms with Crippen LogP contribution in [0, 0.1) is 5.41 Å². The Kier molecular flexibility index (Phi) is 4.01. The number of carboxylic acids is 1. The molecule has 0 fully saturated rings. The molecule has 0 unspecified atom stereocenters. The Morgan fingerprint density at radius 3 is 2.52 bits per heavy atom. The second-order valence-electron chi connectivity index (χ2n) is 6.40. The minimum absolute atomic E-state index is 0.546. The number of benzene rings is 1. The number of aromatic nitrogens is 1. The van der Waals surface area contributed by atoms with Gasteiger partial charge in [0.1, 0.15) is 0 Å². The van der Waals surface area contributed by atoms with Crippen LogP contribution in [0.1, 0.15) is 33.3 Å². The molecule has 4 nitrogen and oxygen atoms in total. The van der Waals surface area contributed by atoms with E-state index in [-0.39, 0.29) is 0 Å². The number of hydrogen-bond donors (Lipinski definition) is 2. The van der Waals surface area contributed by atoms with Crippen molar-refractivity contribution in [1.29, 1.82) is 0 Å². The van der Waals surface area contributed by atoms with Crippen molar-refractivity contribution in [2.24, 2.45) is 5.41 Å². The van der Waals surface area contributed by atoms with Crippen molar-refractivity contribution in [2.45, 2.75) is 39.8 Å². The summed E-state index contributed by atoms with van der Waals surface area (Å²) < 4.78 is 0. The van der Waals surface area contributed by atoms with Gasteiger partial charge < -0.3 is 10.4 Å². The first-order valence-electron chi connectivity index (χ1n) is 7.07. The summed E-state index contributed by atoms with van der Waals surface area (Å²) in [6.07, 6.45) is 1.78. The average molecular weight is 286 g/mol. The second-order valence-corrected chi connectivity index (χ2v) is 6.40. The maximum atomic E-state index is 11.4. The monoisotopic (exact) mass is 286 g/mol. The molecule has 0 saturated carbocycles. The van der Waals surface area contributed by atoms with Crippen LogP contribution in [0.25, 0.3) is 10.9 Å². The maximum absolute atomic E-state index is 11.4. The number of pyridine rings is 1. The first-order chi connectivity index (χ1) is 9.75. The Labute approximate surface area is 125 Å². The number of hydrogen-bond acceptors (Lipinski definition) is 3. The van der Waals surface area contributed by atoms with Crippen molar-refractivity contribution in [3.8, 4) is 0 Å². The molecule has 2 N–H and O–H groups in total. The van der Waals surface area contributed by atoms with E-state index in [1.165, 1.54) is 0 Å². The van der Waals surface area contributed by atoms with Gasteiger partial charge in [-0.3, -0.25) is 9.78 Å². The van der Waals surface area contributed by atoms with Crippen LogP contribution in [-0.2, 0) is 11.3 Å². The summed E-state index contributed by atoms with van der Waals surface area (Å²) >= 11 is 0. The highest BCUT2D eigenvalue weighted by Gasteiger charge is 2.43. The van der Waals surface area contributed by atoms with Gasteiger partial charge in [-0.2, -0.15) is 0 Å². The summed E-state index contributed by atoms with van der Waals surface area (Å²) in [4.78, 5) is 15.9. The fourth-order valence-electron chi connectivity index (χ4n) is 2.11. The second kappa shape index (κ2) is 5.45. The minimum atomic E-state index is -0.870. The van der Waals surface area contributed by atoms with Crippen molar-refractivity contribution >= 4 is 16.9 Å². The van der Waals surface area contributed by atoms with Crippen molar-refractivity contribution < 1.29 is 9.90 Å². The van der Waals surface area contributed by atoms with Crippen molar-refractivity contribution in [3.63, 3.8) is 0 Å². The van der Waals surface area contributed by atoms with E-state index in [0.29, 0.717) is 6.54 Å². The molecular formula is C17H22N2O2. The van der Waals surface area contributed by atoms with Crippen molar-refractivity contribution in [1.82, 2.24) is 10.3 Å². The van der Waals surface area contributed by atoms with Crippen molar-refractivity contribution in [2.75, 3.05) is 0 Å². The number of aliphatic carboxylic acids is 1. The molecule has 0 aliphatic rings. The number of para-hydroxylation sites is 1. The Bertz CT molecular complexity index is 657. The summed E-state index contributed by atoms with van der Waals surface area (Å²) in [5.41, 5.74) is 0.611.